The Kier molecular flexibility index (Phi) is 5.41. The SMILES string of the molecule is Cl.c1ccc(CN(Cc2ncc[nH]2)c2ccccc2)cc1. The summed E-state index contributed by atoms with van der Waals surface area (Å²) in [5.74, 6) is 0.977. The first-order valence-corrected chi connectivity index (χ1v) is 6.74. The normalized spacial score (nSPS) is 9.90. The molecule has 0 spiro atoms. The minimum atomic E-state index is 0. The third kappa shape index (κ3) is 4.10. The fraction of sp³-hybridized carbons (Fsp3) is 0.118. The molecule has 0 unspecified atom stereocenters. The topological polar surface area (TPSA) is 31.9 Å². The Morgan fingerprint density at radius 1 is 0.857 bits per heavy atom. The monoisotopic (exact) mass is 299 g/mol. The molecule has 4 heteroatoms. The van der Waals surface area contributed by atoms with Crippen LogP contribution in [0.5, 0.6) is 0 Å². The molecule has 0 aliphatic rings. The molecule has 1 aromatic heterocycles. The number of H-pyrrole nitrogens is 1. The maximum Gasteiger partial charge on any atom is 0.125 e. The standard InChI is InChI=1S/C17H17N3.ClH/c1-3-7-15(8-4-1)13-20(14-17-18-11-12-19-17)16-9-5-2-6-10-16;/h1-12H,13-14H2,(H,18,19);1H. The maximum atomic E-state index is 4.33. The Morgan fingerprint density at radius 2 is 1.52 bits per heavy atom. The molecule has 0 saturated carbocycles. The van der Waals surface area contributed by atoms with Gasteiger partial charge in [-0.3, -0.25) is 0 Å². The first-order valence-electron chi connectivity index (χ1n) is 6.74. The van der Waals surface area contributed by atoms with Gasteiger partial charge in [0.2, 0.25) is 0 Å². The summed E-state index contributed by atoms with van der Waals surface area (Å²) in [5.41, 5.74) is 2.50. The molecular weight excluding hydrogens is 282 g/mol. The lowest BCUT2D eigenvalue weighted by molar-refractivity contribution is 0.767. The van der Waals surface area contributed by atoms with Gasteiger partial charge in [0.25, 0.3) is 0 Å². The molecule has 21 heavy (non-hydrogen) atoms. The molecule has 2 aromatic carbocycles. The highest BCUT2D eigenvalue weighted by atomic mass is 35.5. The molecule has 0 bridgehead atoms. The number of halogens is 1. The van der Waals surface area contributed by atoms with Crippen LogP contribution in [0.4, 0.5) is 5.69 Å². The fourth-order valence-corrected chi connectivity index (χ4v) is 2.25. The summed E-state index contributed by atoms with van der Waals surface area (Å²) < 4.78 is 0. The zero-order chi connectivity index (χ0) is 13.6. The number of benzene rings is 2. The second kappa shape index (κ2) is 7.50. The van der Waals surface area contributed by atoms with E-state index >= 15 is 0 Å². The number of nitrogens with one attached hydrogen (secondary N) is 1. The van der Waals surface area contributed by atoms with E-state index in [1.807, 2.05) is 18.3 Å². The van der Waals surface area contributed by atoms with Crippen LogP contribution in [-0.4, -0.2) is 9.97 Å². The third-order valence-electron chi connectivity index (χ3n) is 3.23. The maximum absolute atomic E-state index is 4.33. The summed E-state index contributed by atoms with van der Waals surface area (Å²) in [7, 11) is 0. The predicted molar refractivity (Wildman–Crippen MR) is 88.6 cm³/mol. The van der Waals surface area contributed by atoms with Crippen LogP contribution in [0.25, 0.3) is 0 Å². The van der Waals surface area contributed by atoms with Gasteiger partial charge in [-0.2, -0.15) is 0 Å². The summed E-state index contributed by atoms with van der Waals surface area (Å²) in [4.78, 5) is 9.81. The largest absolute Gasteiger partial charge is 0.360 e. The highest BCUT2D eigenvalue weighted by molar-refractivity contribution is 5.85. The number of rotatable bonds is 5. The van der Waals surface area contributed by atoms with Crippen molar-refractivity contribution in [2.24, 2.45) is 0 Å². The van der Waals surface area contributed by atoms with Crippen molar-refractivity contribution in [3.63, 3.8) is 0 Å². The Bertz CT molecular complexity index is 624. The highest BCUT2D eigenvalue weighted by Crippen LogP contribution is 2.18. The first kappa shape index (κ1) is 15.1. The van der Waals surface area contributed by atoms with Gasteiger partial charge in [0, 0.05) is 24.6 Å². The van der Waals surface area contributed by atoms with Gasteiger partial charge in [-0.25, -0.2) is 4.98 Å². The lowest BCUT2D eigenvalue weighted by Gasteiger charge is -2.24. The fourth-order valence-electron chi connectivity index (χ4n) is 2.25. The minimum absolute atomic E-state index is 0. The summed E-state index contributed by atoms with van der Waals surface area (Å²) in [5, 5.41) is 0. The van der Waals surface area contributed by atoms with E-state index in [1.165, 1.54) is 11.3 Å². The van der Waals surface area contributed by atoms with Crippen molar-refractivity contribution in [1.29, 1.82) is 0 Å². The third-order valence-corrected chi connectivity index (χ3v) is 3.23. The molecule has 108 valence electrons. The summed E-state index contributed by atoms with van der Waals surface area (Å²) >= 11 is 0. The number of imidazole rings is 1. The first-order chi connectivity index (χ1) is 9.92. The number of nitrogens with zero attached hydrogens (tertiary/aromatic N) is 2. The van der Waals surface area contributed by atoms with Gasteiger partial charge in [-0.15, -0.1) is 12.4 Å². The van der Waals surface area contributed by atoms with Crippen LogP contribution in [0.1, 0.15) is 11.4 Å². The molecule has 3 rings (SSSR count). The van der Waals surface area contributed by atoms with E-state index in [0.29, 0.717) is 0 Å². The minimum Gasteiger partial charge on any atom is -0.360 e. The van der Waals surface area contributed by atoms with E-state index < -0.39 is 0 Å². The van der Waals surface area contributed by atoms with Crippen molar-refractivity contribution in [2.75, 3.05) is 4.90 Å². The van der Waals surface area contributed by atoms with E-state index in [9.17, 15) is 0 Å². The average molecular weight is 300 g/mol. The van der Waals surface area contributed by atoms with E-state index in [4.69, 9.17) is 0 Å². The number of para-hydroxylation sites is 1. The molecule has 3 aromatic rings. The van der Waals surface area contributed by atoms with Crippen LogP contribution < -0.4 is 4.90 Å². The van der Waals surface area contributed by atoms with Crippen LogP contribution in [0.15, 0.2) is 73.1 Å². The van der Waals surface area contributed by atoms with Crippen molar-refractivity contribution in [3.05, 3.63) is 84.4 Å². The van der Waals surface area contributed by atoms with Gasteiger partial charge in [0.05, 0.1) is 6.54 Å². The molecule has 3 nitrogen and oxygen atoms in total. The molecular formula is C17H18ClN3. The lowest BCUT2D eigenvalue weighted by Crippen LogP contribution is -2.22. The zero-order valence-corrected chi connectivity index (χ0v) is 12.5. The van der Waals surface area contributed by atoms with Crippen LogP contribution >= 0.6 is 12.4 Å². The summed E-state index contributed by atoms with van der Waals surface area (Å²) in [6.45, 7) is 1.64. The van der Waals surface area contributed by atoms with Crippen molar-refractivity contribution in [3.8, 4) is 0 Å². The molecule has 1 heterocycles. The Morgan fingerprint density at radius 3 is 2.14 bits per heavy atom. The molecule has 0 fully saturated rings. The van der Waals surface area contributed by atoms with Gasteiger partial charge < -0.3 is 9.88 Å². The van der Waals surface area contributed by atoms with E-state index in [0.717, 1.165) is 18.9 Å². The molecule has 0 amide bonds. The van der Waals surface area contributed by atoms with Gasteiger partial charge >= 0.3 is 0 Å². The molecule has 0 radical (unpaired) electrons. The molecule has 0 aliphatic carbocycles. The Hall–Kier alpha value is -2.26. The average Bonchev–Trinajstić information content (AvgIpc) is 3.02. The van der Waals surface area contributed by atoms with Crippen LogP contribution in [-0.2, 0) is 13.1 Å². The van der Waals surface area contributed by atoms with E-state index in [2.05, 4.69) is 63.4 Å². The van der Waals surface area contributed by atoms with Crippen LogP contribution in [0, 0.1) is 0 Å². The van der Waals surface area contributed by atoms with E-state index in [-0.39, 0.29) is 12.4 Å². The molecule has 0 aliphatic heterocycles. The van der Waals surface area contributed by atoms with Gasteiger partial charge in [0.1, 0.15) is 5.82 Å². The van der Waals surface area contributed by atoms with Gasteiger partial charge in [-0.1, -0.05) is 48.5 Å². The van der Waals surface area contributed by atoms with Crippen LogP contribution in [0.2, 0.25) is 0 Å². The van der Waals surface area contributed by atoms with E-state index in [1.54, 1.807) is 6.20 Å². The van der Waals surface area contributed by atoms with Crippen molar-refractivity contribution < 1.29 is 0 Å². The van der Waals surface area contributed by atoms with Gasteiger partial charge in [-0.05, 0) is 17.7 Å². The highest BCUT2D eigenvalue weighted by Gasteiger charge is 2.09. The smallest absolute Gasteiger partial charge is 0.125 e. The van der Waals surface area contributed by atoms with Crippen molar-refractivity contribution >= 4 is 18.1 Å². The second-order valence-electron chi connectivity index (χ2n) is 4.71. The zero-order valence-electron chi connectivity index (χ0n) is 11.6. The second-order valence-corrected chi connectivity index (χ2v) is 4.71. The van der Waals surface area contributed by atoms with Gasteiger partial charge in [0.15, 0.2) is 0 Å². The number of anilines is 1. The number of hydrogen-bond acceptors (Lipinski definition) is 2. The molecule has 0 atom stereocenters. The number of hydrogen-bond donors (Lipinski definition) is 1. The van der Waals surface area contributed by atoms with Crippen molar-refractivity contribution in [2.45, 2.75) is 13.1 Å². The Balaban J connectivity index is 0.00000161. The quantitative estimate of drug-likeness (QED) is 0.771. The van der Waals surface area contributed by atoms with Crippen LogP contribution in [0.3, 0.4) is 0 Å². The summed E-state index contributed by atoms with van der Waals surface area (Å²) in [6, 6.07) is 20.9. The predicted octanol–water partition coefficient (Wildman–Crippen LogP) is 4.04. The number of aromatic nitrogens is 2. The molecule has 1 N–H and O–H groups in total. The van der Waals surface area contributed by atoms with Crippen molar-refractivity contribution in [1.82, 2.24) is 9.97 Å². The molecule has 0 saturated heterocycles. The lowest BCUT2D eigenvalue weighted by atomic mass is 10.2. The Labute approximate surface area is 131 Å². The number of aromatic amines is 1. The summed E-state index contributed by atoms with van der Waals surface area (Å²) in [6.07, 6.45) is 3.65.